The van der Waals surface area contributed by atoms with E-state index in [1.807, 2.05) is 0 Å². The lowest BCUT2D eigenvalue weighted by molar-refractivity contribution is -0.271. The van der Waals surface area contributed by atoms with Gasteiger partial charge in [0.2, 0.25) is 18.1 Å². The van der Waals surface area contributed by atoms with E-state index in [1.165, 1.54) is 26.0 Å². The molecule has 1 aliphatic rings. The van der Waals surface area contributed by atoms with Gasteiger partial charge in [-0.25, -0.2) is 9.59 Å². The normalized spacial score (nSPS) is 22.0. The molecule has 1 aromatic carbocycles. The summed E-state index contributed by atoms with van der Waals surface area (Å²) in [7, 11) is 1.32. The Kier molecular flexibility index (Phi) is 12.9. The summed E-state index contributed by atoms with van der Waals surface area (Å²) in [6.45, 7) is 2.69. The van der Waals surface area contributed by atoms with E-state index in [-0.39, 0.29) is 61.9 Å². The molecule has 17 heteroatoms. The number of carbonyl (C=O) groups excluding carboxylic acids is 4. The largest absolute Gasteiger partial charge is 0.479 e. The molecule has 1 aliphatic heterocycles. The zero-order chi connectivity index (χ0) is 30.7. The van der Waals surface area contributed by atoms with E-state index in [1.54, 1.807) is 13.8 Å². The van der Waals surface area contributed by atoms with Gasteiger partial charge < -0.3 is 54.8 Å². The van der Waals surface area contributed by atoms with Crippen molar-refractivity contribution in [3.8, 4) is 5.75 Å². The topological polar surface area (TPSA) is 239 Å². The Bertz CT molecular complexity index is 1100. The second kappa shape index (κ2) is 15.9. The van der Waals surface area contributed by atoms with E-state index in [0.717, 1.165) is 0 Å². The van der Waals surface area contributed by atoms with Crippen LogP contribution in [0.4, 0.5) is 10.5 Å². The van der Waals surface area contributed by atoms with Crippen molar-refractivity contribution in [2.75, 3.05) is 25.2 Å². The molecule has 0 saturated carbocycles. The van der Waals surface area contributed by atoms with Crippen LogP contribution in [0.3, 0.4) is 0 Å². The minimum atomic E-state index is -1.93. The molecule has 1 aromatic rings. The predicted octanol–water partition coefficient (Wildman–Crippen LogP) is -2.58. The van der Waals surface area contributed by atoms with Gasteiger partial charge in [-0.1, -0.05) is 19.9 Å². The van der Waals surface area contributed by atoms with Crippen LogP contribution in [-0.4, -0.2) is 108 Å². The van der Waals surface area contributed by atoms with Gasteiger partial charge in [-0.15, -0.1) is 0 Å². The number of hydrogen-bond donors (Lipinski definition) is 7. The molecule has 7 N–H and O–H groups in total. The van der Waals surface area contributed by atoms with E-state index < -0.39 is 48.7 Å². The number of alkyl carbamates (subject to hydrolysis) is 1. The molecule has 0 unspecified atom stereocenters. The summed E-state index contributed by atoms with van der Waals surface area (Å²) >= 11 is 0. The van der Waals surface area contributed by atoms with Crippen LogP contribution in [0.15, 0.2) is 18.2 Å². The lowest BCUT2D eigenvalue weighted by Crippen LogP contribution is -2.61. The van der Waals surface area contributed by atoms with Crippen LogP contribution in [0.2, 0.25) is 0 Å². The molecule has 3 amide bonds. The van der Waals surface area contributed by atoms with Crippen molar-refractivity contribution in [2.45, 2.75) is 57.6 Å². The molecule has 0 aliphatic carbocycles. The number of amides is 3. The summed E-state index contributed by atoms with van der Waals surface area (Å²) < 4.78 is 20.7. The van der Waals surface area contributed by atoms with Gasteiger partial charge in [-0.05, 0) is 17.7 Å². The highest BCUT2D eigenvalue weighted by molar-refractivity contribution is 6.58. The number of carboxylic acids is 1. The molecule has 0 bridgehead atoms. The molecule has 2 rings (SSSR count). The third-order valence-corrected chi connectivity index (χ3v) is 5.54. The van der Waals surface area contributed by atoms with Gasteiger partial charge in [0, 0.05) is 18.9 Å². The summed E-state index contributed by atoms with van der Waals surface area (Å²) in [4.78, 5) is 58.5. The van der Waals surface area contributed by atoms with Gasteiger partial charge >= 0.3 is 12.1 Å². The first-order valence-corrected chi connectivity index (χ1v) is 12.6. The van der Waals surface area contributed by atoms with Crippen molar-refractivity contribution in [1.29, 1.82) is 0 Å². The maximum absolute atomic E-state index is 12.6. The van der Waals surface area contributed by atoms with E-state index in [4.69, 9.17) is 18.9 Å². The van der Waals surface area contributed by atoms with Crippen LogP contribution < -0.4 is 20.7 Å². The van der Waals surface area contributed by atoms with Crippen LogP contribution in [-0.2, 0) is 40.0 Å². The van der Waals surface area contributed by atoms with E-state index in [0.29, 0.717) is 5.56 Å². The first-order valence-electron chi connectivity index (χ1n) is 12.6. The average Bonchev–Trinajstić information content (AvgIpc) is 2.90. The first-order chi connectivity index (χ1) is 19.3. The fourth-order valence-electron chi connectivity index (χ4n) is 3.36. The van der Waals surface area contributed by atoms with Crippen molar-refractivity contribution in [2.24, 2.45) is 5.92 Å². The van der Waals surface area contributed by atoms with E-state index in [9.17, 15) is 44.4 Å². The van der Waals surface area contributed by atoms with Crippen molar-refractivity contribution in [1.82, 2.24) is 10.6 Å². The Hall–Kier alpha value is -3.77. The molecular weight excluding hydrogens is 549 g/mol. The summed E-state index contributed by atoms with van der Waals surface area (Å²) in [5, 5.41) is 47.0. The summed E-state index contributed by atoms with van der Waals surface area (Å²) in [5.41, 5.74) is 0.138. The van der Waals surface area contributed by atoms with Gasteiger partial charge in [0.25, 0.3) is 0 Å². The highest BCUT2D eigenvalue weighted by atomic mass is 16.7. The predicted molar refractivity (Wildman–Crippen MR) is 140 cm³/mol. The van der Waals surface area contributed by atoms with Crippen LogP contribution in [0.5, 0.6) is 5.75 Å². The first kappa shape index (κ1) is 33.4. The SMILES string of the molecule is BC(=O)COCNC(=O)OCc1ccc(O[C@@H]2O[C@H](C(=O)O)[C@@H](O)[C@H](O)[C@H]2O)c(NC(=O)CCNC(=O)C(C)C)c1. The smallest absolute Gasteiger partial charge is 0.409 e. The molecule has 1 saturated heterocycles. The number of nitrogens with one attached hydrogen (secondary N) is 3. The minimum absolute atomic E-state index is 0.000211. The average molecular weight is 583 g/mol. The standard InChI is InChI=1S/C24H34BN3O13/c1-11(2)21(34)26-6-5-16(30)28-13-7-12(8-39-24(37)27-10-38-9-15(25)29)3-4-14(13)40-23-19(33)17(31)18(32)20(41-23)22(35)36/h3-4,7,11,17-20,23,31-33H,5-6,8-10,25H2,1-2H3,(H,26,34)(H,27,37)(H,28,30)(H,35,36)/t17-,18-,19+,20-,23+/m0/s1. The Morgan fingerprint density at radius 3 is 2.39 bits per heavy atom. The second-order valence-electron chi connectivity index (χ2n) is 9.38. The van der Waals surface area contributed by atoms with Crippen LogP contribution in [0.25, 0.3) is 0 Å². The third-order valence-electron chi connectivity index (χ3n) is 5.54. The van der Waals surface area contributed by atoms with Crippen LogP contribution in [0.1, 0.15) is 25.8 Å². The quantitative estimate of drug-likeness (QED) is 0.0677. The number of ether oxygens (including phenoxy) is 4. The summed E-state index contributed by atoms with van der Waals surface area (Å²) in [6.07, 6.45) is -10.3. The number of carboxylic acid groups (broad SMARTS) is 1. The number of benzene rings is 1. The van der Waals surface area contributed by atoms with E-state index >= 15 is 0 Å². The Morgan fingerprint density at radius 2 is 1.76 bits per heavy atom. The molecule has 0 radical (unpaired) electrons. The Morgan fingerprint density at radius 1 is 1.05 bits per heavy atom. The molecule has 0 spiro atoms. The van der Waals surface area contributed by atoms with Gasteiger partial charge in [-0.2, -0.15) is 0 Å². The van der Waals surface area contributed by atoms with Crippen LogP contribution >= 0.6 is 0 Å². The molecule has 41 heavy (non-hydrogen) atoms. The Balaban J connectivity index is 2.15. The van der Waals surface area contributed by atoms with Gasteiger partial charge in [0.05, 0.1) is 12.3 Å². The zero-order valence-corrected chi connectivity index (χ0v) is 22.7. The van der Waals surface area contributed by atoms with Crippen molar-refractivity contribution in [3.63, 3.8) is 0 Å². The molecule has 5 atom stereocenters. The van der Waals surface area contributed by atoms with Gasteiger partial charge in [-0.3, -0.25) is 14.9 Å². The number of aliphatic carboxylic acids is 1. The zero-order valence-electron chi connectivity index (χ0n) is 22.7. The molecule has 0 aromatic heterocycles. The van der Waals surface area contributed by atoms with Crippen molar-refractivity contribution in [3.05, 3.63) is 23.8 Å². The van der Waals surface area contributed by atoms with Crippen molar-refractivity contribution < 1.29 is 63.3 Å². The fraction of sp³-hybridized carbons (Fsp3) is 0.542. The van der Waals surface area contributed by atoms with Gasteiger partial charge in [0.15, 0.2) is 14.0 Å². The lowest BCUT2D eigenvalue weighted by atomic mass is 9.99. The molecular formula is C24H34BN3O13. The number of aliphatic hydroxyl groups is 3. The highest BCUT2D eigenvalue weighted by Crippen LogP contribution is 2.31. The highest BCUT2D eigenvalue weighted by Gasteiger charge is 2.48. The fourth-order valence-corrected chi connectivity index (χ4v) is 3.36. The van der Waals surface area contributed by atoms with Gasteiger partial charge in [0.1, 0.15) is 43.1 Å². The summed E-state index contributed by atoms with van der Waals surface area (Å²) in [5.74, 6) is -2.80. The number of carbonyl (C=O) groups is 5. The third kappa shape index (κ3) is 10.6. The van der Waals surface area contributed by atoms with Crippen molar-refractivity contribution >= 4 is 43.1 Å². The number of aliphatic hydroxyl groups excluding tert-OH is 3. The second-order valence-corrected chi connectivity index (χ2v) is 9.38. The molecule has 16 nitrogen and oxygen atoms in total. The number of hydrogen-bond acceptors (Lipinski definition) is 12. The molecule has 1 fully saturated rings. The van der Waals surface area contributed by atoms with Crippen LogP contribution in [0, 0.1) is 5.92 Å². The molecule has 226 valence electrons. The maximum atomic E-state index is 12.6. The molecule has 1 heterocycles. The number of rotatable bonds is 14. The lowest BCUT2D eigenvalue weighted by Gasteiger charge is -2.38. The van der Waals surface area contributed by atoms with E-state index in [2.05, 4.69) is 16.0 Å². The summed E-state index contributed by atoms with van der Waals surface area (Å²) in [6, 6.07) is 4.11. The minimum Gasteiger partial charge on any atom is -0.479 e. The Labute approximate surface area is 235 Å². The number of anilines is 1. The maximum Gasteiger partial charge on any atom is 0.409 e. The monoisotopic (exact) mass is 583 g/mol.